The lowest BCUT2D eigenvalue weighted by Gasteiger charge is -2.39. The zero-order valence-corrected chi connectivity index (χ0v) is 19.4. The minimum atomic E-state index is -0.0448. The van der Waals surface area contributed by atoms with Gasteiger partial charge in [0.15, 0.2) is 11.3 Å². The Morgan fingerprint density at radius 3 is 2.68 bits per heavy atom. The number of rotatable bonds is 2. The van der Waals surface area contributed by atoms with Crippen LogP contribution in [0.15, 0.2) is 42.7 Å². The van der Waals surface area contributed by atoms with Crippen LogP contribution in [-0.2, 0) is 10.2 Å². The Bertz CT molecular complexity index is 1430. The second-order valence-electron chi connectivity index (χ2n) is 10.3. The summed E-state index contributed by atoms with van der Waals surface area (Å²) in [5.41, 5.74) is 3.92. The van der Waals surface area contributed by atoms with Crippen LogP contribution in [0, 0.1) is 17.3 Å². The van der Waals surface area contributed by atoms with E-state index in [1.807, 2.05) is 12.4 Å². The normalized spacial score (nSPS) is 22.9. The summed E-state index contributed by atoms with van der Waals surface area (Å²) in [5.74, 6) is 7.83. The molecule has 5 heterocycles. The van der Waals surface area contributed by atoms with E-state index in [4.69, 9.17) is 9.72 Å². The van der Waals surface area contributed by atoms with E-state index in [-0.39, 0.29) is 5.41 Å². The SMILES string of the molecule is C[C@H]1CC2(CCN(c3nc4[nH]nc(C#CC5(c6ccccc6)CC5)c4c4nccn34)CC2)CO1. The molecular formula is C27H28N6O. The molecule has 3 fully saturated rings. The van der Waals surface area contributed by atoms with Crippen molar-refractivity contribution in [3.8, 4) is 11.8 Å². The molecule has 1 aromatic carbocycles. The first-order valence-corrected chi connectivity index (χ1v) is 12.3. The molecule has 1 atom stereocenters. The van der Waals surface area contributed by atoms with Crippen LogP contribution in [-0.4, -0.2) is 50.4 Å². The van der Waals surface area contributed by atoms with Crippen LogP contribution >= 0.6 is 0 Å². The quantitative estimate of drug-likeness (QED) is 0.464. The summed E-state index contributed by atoms with van der Waals surface area (Å²) in [7, 11) is 0. The number of anilines is 1. The van der Waals surface area contributed by atoms with E-state index >= 15 is 0 Å². The summed E-state index contributed by atoms with van der Waals surface area (Å²) in [6, 6.07) is 10.6. The number of H-pyrrole nitrogens is 1. The van der Waals surface area contributed by atoms with Gasteiger partial charge in [-0.2, -0.15) is 10.1 Å². The number of piperidine rings is 1. The number of fused-ring (bicyclic) bond motifs is 3. The minimum absolute atomic E-state index is 0.0448. The van der Waals surface area contributed by atoms with Crippen molar-refractivity contribution in [3.63, 3.8) is 0 Å². The van der Waals surface area contributed by atoms with Gasteiger partial charge in [-0.15, -0.1) is 0 Å². The number of imidazole rings is 1. The van der Waals surface area contributed by atoms with Crippen LogP contribution in [0.1, 0.15) is 50.3 Å². The van der Waals surface area contributed by atoms with Gasteiger partial charge in [0.05, 0.1) is 23.5 Å². The molecule has 0 unspecified atom stereocenters. The molecule has 4 aromatic rings. The molecule has 1 saturated carbocycles. The first-order chi connectivity index (χ1) is 16.6. The molecule has 7 heteroatoms. The van der Waals surface area contributed by atoms with Crippen LogP contribution in [0.2, 0.25) is 0 Å². The van der Waals surface area contributed by atoms with Crippen molar-refractivity contribution >= 4 is 22.6 Å². The molecule has 1 aliphatic carbocycles. The molecule has 1 spiro atoms. The molecule has 34 heavy (non-hydrogen) atoms. The number of benzene rings is 1. The van der Waals surface area contributed by atoms with Crippen LogP contribution in [0.4, 0.5) is 5.95 Å². The van der Waals surface area contributed by atoms with Gasteiger partial charge in [-0.25, -0.2) is 4.98 Å². The standard InChI is InChI=1S/C27H28N6O/c1-19-17-26(18-34-19)11-14-32(15-12-26)25-29-23-22(24-28-13-16-33(24)25)21(30-31-23)7-8-27(9-10-27)20-5-3-2-4-6-20/h2-6,13,16,19H,9-12,14-15,17-18H2,1H3,(H,30,31)/t19-/m0/s1. The summed E-state index contributed by atoms with van der Waals surface area (Å²) in [6.45, 7) is 5.03. The molecule has 2 saturated heterocycles. The predicted molar refractivity (Wildman–Crippen MR) is 131 cm³/mol. The molecule has 0 amide bonds. The fourth-order valence-corrected chi connectivity index (χ4v) is 5.87. The summed E-state index contributed by atoms with van der Waals surface area (Å²) in [4.78, 5) is 12.1. The second-order valence-corrected chi connectivity index (χ2v) is 10.3. The van der Waals surface area contributed by atoms with Crippen molar-refractivity contribution in [2.24, 2.45) is 5.41 Å². The Labute approximate surface area is 198 Å². The Hall–Kier alpha value is -3.37. The molecule has 7 nitrogen and oxygen atoms in total. The predicted octanol–water partition coefficient (Wildman–Crippen LogP) is 4.08. The minimum Gasteiger partial charge on any atom is -0.378 e. The van der Waals surface area contributed by atoms with Crippen LogP contribution in [0.5, 0.6) is 0 Å². The summed E-state index contributed by atoms with van der Waals surface area (Å²) >= 11 is 0. The highest BCUT2D eigenvalue weighted by molar-refractivity contribution is 5.94. The van der Waals surface area contributed by atoms with E-state index in [0.29, 0.717) is 11.5 Å². The van der Waals surface area contributed by atoms with Gasteiger partial charge in [-0.1, -0.05) is 36.3 Å². The maximum Gasteiger partial charge on any atom is 0.213 e. The molecule has 1 N–H and O–H groups in total. The van der Waals surface area contributed by atoms with E-state index in [1.165, 1.54) is 12.0 Å². The number of nitrogens with zero attached hydrogens (tertiary/aromatic N) is 5. The monoisotopic (exact) mass is 452 g/mol. The highest BCUT2D eigenvalue weighted by atomic mass is 16.5. The van der Waals surface area contributed by atoms with E-state index in [9.17, 15) is 0 Å². The van der Waals surface area contributed by atoms with Gasteiger partial charge < -0.3 is 9.64 Å². The van der Waals surface area contributed by atoms with E-state index < -0.39 is 0 Å². The van der Waals surface area contributed by atoms with Crippen LogP contribution < -0.4 is 4.90 Å². The zero-order valence-electron chi connectivity index (χ0n) is 19.4. The third kappa shape index (κ3) is 3.13. The number of hydrogen-bond donors (Lipinski definition) is 1. The highest BCUT2D eigenvalue weighted by Crippen LogP contribution is 2.47. The number of nitrogens with one attached hydrogen (secondary N) is 1. The number of aromatic amines is 1. The van der Waals surface area contributed by atoms with Crippen molar-refractivity contribution < 1.29 is 4.74 Å². The third-order valence-electron chi connectivity index (χ3n) is 8.04. The van der Waals surface area contributed by atoms with Crippen molar-refractivity contribution in [1.82, 2.24) is 24.6 Å². The Morgan fingerprint density at radius 2 is 1.94 bits per heavy atom. The summed E-state index contributed by atoms with van der Waals surface area (Å²) in [6.07, 6.45) is 9.83. The lowest BCUT2D eigenvalue weighted by molar-refractivity contribution is 0.0975. The topological polar surface area (TPSA) is 71.3 Å². The summed E-state index contributed by atoms with van der Waals surface area (Å²) in [5, 5.41) is 8.59. The molecule has 7 rings (SSSR count). The fraction of sp³-hybridized carbons (Fsp3) is 0.444. The Morgan fingerprint density at radius 1 is 1.12 bits per heavy atom. The second kappa shape index (κ2) is 7.31. The molecule has 0 radical (unpaired) electrons. The molecule has 3 aliphatic rings. The van der Waals surface area contributed by atoms with Crippen molar-refractivity contribution in [2.45, 2.75) is 50.5 Å². The van der Waals surface area contributed by atoms with E-state index in [0.717, 1.165) is 73.7 Å². The number of aromatic nitrogens is 5. The van der Waals surface area contributed by atoms with Gasteiger partial charge in [0, 0.05) is 25.5 Å². The van der Waals surface area contributed by atoms with E-state index in [1.54, 1.807) is 0 Å². The van der Waals surface area contributed by atoms with Gasteiger partial charge in [-0.3, -0.25) is 9.50 Å². The number of hydrogen-bond acceptors (Lipinski definition) is 5. The van der Waals surface area contributed by atoms with Gasteiger partial charge >= 0.3 is 0 Å². The van der Waals surface area contributed by atoms with Crippen molar-refractivity contribution in [1.29, 1.82) is 0 Å². The third-order valence-corrected chi connectivity index (χ3v) is 8.04. The molecule has 2 aliphatic heterocycles. The molecule has 3 aromatic heterocycles. The summed E-state index contributed by atoms with van der Waals surface area (Å²) < 4.78 is 8.01. The lowest BCUT2D eigenvalue weighted by Crippen LogP contribution is -2.41. The van der Waals surface area contributed by atoms with Crippen LogP contribution in [0.25, 0.3) is 16.7 Å². The Kier molecular flexibility index (Phi) is 4.31. The average Bonchev–Trinajstić information content (AvgIpc) is 3.16. The smallest absolute Gasteiger partial charge is 0.213 e. The average molecular weight is 453 g/mol. The van der Waals surface area contributed by atoms with Gasteiger partial charge in [0.1, 0.15) is 5.69 Å². The van der Waals surface area contributed by atoms with Crippen LogP contribution in [0.3, 0.4) is 0 Å². The van der Waals surface area contributed by atoms with Crippen molar-refractivity contribution in [3.05, 3.63) is 54.0 Å². The number of ether oxygens (including phenoxy) is 1. The van der Waals surface area contributed by atoms with Crippen molar-refractivity contribution in [2.75, 3.05) is 24.6 Å². The van der Waals surface area contributed by atoms with Gasteiger partial charge in [0.25, 0.3) is 0 Å². The molecule has 0 bridgehead atoms. The van der Waals surface area contributed by atoms with Gasteiger partial charge in [0.2, 0.25) is 5.95 Å². The first-order valence-electron chi connectivity index (χ1n) is 12.3. The highest BCUT2D eigenvalue weighted by Gasteiger charge is 2.43. The first kappa shape index (κ1) is 20.0. The lowest BCUT2D eigenvalue weighted by atomic mass is 9.77. The maximum absolute atomic E-state index is 5.91. The van der Waals surface area contributed by atoms with E-state index in [2.05, 4.69) is 73.6 Å². The Balaban J connectivity index is 1.23. The fourth-order valence-electron chi connectivity index (χ4n) is 5.87. The maximum atomic E-state index is 5.91. The largest absolute Gasteiger partial charge is 0.378 e. The molecular weight excluding hydrogens is 424 g/mol. The zero-order chi connectivity index (χ0) is 22.8. The van der Waals surface area contributed by atoms with Gasteiger partial charge in [-0.05, 0) is 55.9 Å². The molecule has 172 valence electrons.